The summed E-state index contributed by atoms with van der Waals surface area (Å²) >= 11 is 0. The van der Waals surface area contributed by atoms with Gasteiger partial charge in [-0.1, -0.05) is 31.6 Å². The first-order chi connectivity index (χ1) is 20.4. The first kappa shape index (κ1) is 33.5. The number of aromatic hydroxyl groups is 1. The molecule has 0 heterocycles. The zero-order valence-electron chi connectivity index (χ0n) is 26.3. The molecule has 1 atom stereocenters. The SMILES string of the molecule is CCCCOc1c(O)ccc(CC2(COC)C=CC(OC)=C(COC)C2)c1Cc1ccc(OC)c(COC)c1COC. The molecular formula is C34H48O8. The maximum Gasteiger partial charge on any atom is 0.164 e. The number of ether oxygens (including phenoxy) is 7. The highest BCUT2D eigenvalue weighted by atomic mass is 16.5. The van der Waals surface area contributed by atoms with E-state index in [0.717, 1.165) is 64.2 Å². The van der Waals surface area contributed by atoms with E-state index in [2.05, 4.69) is 19.1 Å². The predicted molar refractivity (Wildman–Crippen MR) is 163 cm³/mol. The van der Waals surface area contributed by atoms with Crippen molar-refractivity contribution in [3.63, 3.8) is 0 Å². The Hall–Kier alpha value is -3.04. The van der Waals surface area contributed by atoms with Crippen LogP contribution in [0, 0.1) is 5.41 Å². The Morgan fingerprint density at radius 2 is 1.50 bits per heavy atom. The number of unbranched alkanes of at least 4 members (excludes halogenated alkanes) is 1. The summed E-state index contributed by atoms with van der Waals surface area (Å²) in [5.74, 6) is 2.23. The van der Waals surface area contributed by atoms with Gasteiger partial charge in [0, 0.05) is 51.4 Å². The van der Waals surface area contributed by atoms with Crippen LogP contribution in [0.15, 0.2) is 47.7 Å². The Morgan fingerprint density at radius 3 is 2.14 bits per heavy atom. The molecule has 8 heteroatoms. The summed E-state index contributed by atoms with van der Waals surface area (Å²) in [6, 6.07) is 7.77. The van der Waals surface area contributed by atoms with Crippen LogP contribution in [0.3, 0.4) is 0 Å². The fourth-order valence-corrected chi connectivity index (χ4v) is 5.78. The van der Waals surface area contributed by atoms with Crippen LogP contribution in [0.4, 0.5) is 0 Å². The molecule has 0 saturated carbocycles. The van der Waals surface area contributed by atoms with Gasteiger partial charge in [-0.15, -0.1) is 0 Å². The smallest absolute Gasteiger partial charge is 0.164 e. The highest BCUT2D eigenvalue weighted by Crippen LogP contribution is 2.43. The Labute approximate surface area is 251 Å². The molecule has 2 aromatic carbocycles. The molecule has 0 fully saturated rings. The fourth-order valence-electron chi connectivity index (χ4n) is 5.78. The van der Waals surface area contributed by atoms with Crippen LogP contribution in [-0.2, 0) is 49.7 Å². The highest BCUT2D eigenvalue weighted by Gasteiger charge is 2.34. The molecule has 3 rings (SSSR count). The monoisotopic (exact) mass is 584 g/mol. The summed E-state index contributed by atoms with van der Waals surface area (Å²) in [6.45, 7) is 4.41. The molecule has 8 nitrogen and oxygen atoms in total. The van der Waals surface area contributed by atoms with Crippen molar-refractivity contribution in [1.82, 2.24) is 0 Å². The van der Waals surface area contributed by atoms with Crippen LogP contribution in [-0.4, -0.2) is 67.6 Å². The van der Waals surface area contributed by atoms with Gasteiger partial charge in [-0.3, -0.25) is 0 Å². The summed E-state index contributed by atoms with van der Waals surface area (Å²) in [6.07, 6.45) is 8.00. The normalized spacial score (nSPS) is 16.6. The Balaban J connectivity index is 2.16. The van der Waals surface area contributed by atoms with E-state index in [0.29, 0.717) is 51.6 Å². The topological polar surface area (TPSA) is 84.8 Å². The second-order valence-electron chi connectivity index (χ2n) is 10.8. The van der Waals surface area contributed by atoms with Crippen LogP contribution in [0.25, 0.3) is 0 Å². The molecule has 0 amide bonds. The summed E-state index contributed by atoms with van der Waals surface area (Å²) in [4.78, 5) is 0. The minimum Gasteiger partial charge on any atom is -0.504 e. The molecule has 0 spiro atoms. The number of methoxy groups -OCH3 is 6. The van der Waals surface area contributed by atoms with Crippen molar-refractivity contribution in [3.05, 3.63) is 75.6 Å². The molecule has 232 valence electrons. The highest BCUT2D eigenvalue weighted by molar-refractivity contribution is 5.55. The largest absolute Gasteiger partial charge is 0.504 e. The Morgan fingerprint density at radius 1 is 0.786 bits per heavy atom. The van der Waals surface area contributed by atoms with Crippen molar-refractivity contribution in [3.8, 4) is 17.2 Å². The second-order valence-corrected chi connectivity index (χ2v) is 10.8. The van der Waals surface area contributed by atoms with Gasteiger partial charge >= 0.3 is 0 Å². The molecule has 42 heavy (non-hydrogen) atoms. The molecule has 1 aliphatic rings. The number of benzene rings is 2. The lowest BCUT2D eigenvalue weighted by Crippen LogP contribution is -2.31. The van der Waals surface area contributed by atoms with Gasteiger partial charge in [0.15, 0.2) is 11.5 Å². The van der Waals surface area contributed by atoms with Crippen LogP contribution in [0.5, 0.6) is 17.2 Å². The van der Waals surface area contributed by atoms with E-state index in [4.69, 9.17) is 33.2 Å². The summed E-state index contributed by atoms with van der Waals surface area (Å²) < 4.78 is 40.1. The van der Waals surface area contributed by atoms with E-state index in [1.807, 2.05) is 18.2 Å². The minimum atomic E-state index is -0.340. The van der Waals surface area contributed by atoms with E-state index in [-0.39, 0.29) is 11.2 Å². The third-order valence-corrected chi connectivity index (χ3v) is 7.75. The first-order valence-corrected chi connectivity index (χ1v) is 14.5. The summed E-state index contributed by atoms with van der Waals surface area (Å²) in [5, 5.41) is 11.1. The van der Waals surface area contributed by atoms with E-state index in [1.54, 1.807) is 48.7 Å². The maximum absolute atomic E-state index is 11.1. The van der Waals surface area contributed by atoms with Crippen molar-refractivity contribution < 1.29 is 38.3 Å². The van der Waals surface area contributed by atoms with Crippen LogP contribution < -0.4 is 9.47 Å². The van der Waals surface area contributed by atoms with Crippen LogP contribution >= 0.6 is 0 Å². The van der Waals surface area contributed by atoms with Crippen LogP contribution in [0.2, 0.25) is 0 Å². The third kappa shape index (κ3) is 8.07. The van der Waals surface area contributed by atoms with Gasteiger partial charge in [0.25, 0.3) is 0 Å². The molecule has 2 aromatic rings. The summed E-state index contributed by atoms with van der Waals surface area (Å²) in [5.41, 5.74) is 5.77. The average molecular weight is 585 g/mol. The lowest BCUT2D eigenvalue weighted by Gasteiger charge is -2.35. The lowest BCUT2D eigenvalue weighted by atomic mass is 9.73. The number of rotatable bonds is 18. The number of hydrogen-bond acceptors (Lipinski definition) is 8. The van der Waals surface area contributed by atoms with E-state index >= 15 is 0 Å². The van der Waals surface area contributed by atoms with Gasteiger partial charge in [0.1, 0.15) is 11.5 Å². The van der Waals surface area contributed by atoms with Gasteiger partial charge in [-0.05, 0) is 59.7 Å². The van der Waals surface area contributed by atoms with Gasteiger partial charge in [-0.25, -0.2) is 0 Å². The average Bonchev–Trinajstić information content (AvgIpc) is 2.98. The van der Waals surface area contributed by atoms with E-state index in [1.165, 1.54) is 0 Å². The van der Waals surface area contributed by atoms with Crippen LogP contribution in [0.1, 0.15) is 54.0 Å². The molecule has 0 aromatic heterocycles. The standard InChI is InChI=1S/C34H48O8/c1-8-9-16-42-33-27(17-24-11-13-32(41-7)29(22-38-4)28(24)21-37-3)25(10-12-30(33)35)18-34(23-39-5)15-14-31(40-6)26(19-34)20-36-2/h10-15,35H,8-9,16-23H2,1-7H3. The van der Waals surface area contributed by atoms with Crippen molar-refractivity contribution in [2.75, 3.05) is 62.5 Å². The van der Waals surface area contributed by atoms with Gasteiger partial charge in [-0.2, -0.15) is 0 Å². The number of phenolic OH excluding ortho intramolecular Hbond substituents is 1. The minimum absolute atomic E-state index is 0.130. The molecule has 1 aliphatic carbocycles. The molecule has 0 aliphatic heterocycles. The van der Waals surface area contributed by atoms with Gasteiger partial charge < -0.3 is 38.3 Å². The molecule has 1 unspecified atom stereocenters. The third-order valence-electron chi connectivity index (χ3n) is 7.75. The van der Waals surface area contributed by atoms with E-state index in [9.17, 15) is 5.11 Å². The maximum atomic E-state index is 11.1. The van der Waals surface area contributed by atoms with Crippen molar-refractivity contribution in [2.45, 2.75) is 52.2 Å². The van der Waals surface area contributed by atoms with Gasteiger partial charge in [0.05, 0.1) is 47.3 Å². The number of allylic oxidation sites excluding steroid dienone is 1. The molecule has 1 N–H and O–H groups in total. The lowest BCUT2D eigenvalue weighted by molar-refractivity contribution is 0.102. The molecule has 0 radical (unpaired) electrons. The second kappa shape index (κ2) is 16.6. The predicted octanol–water partition coefficient (Wildman–Crippen LogP) is 6.15. The zero-order valence-corrected chi connectivity index (χ0v) is 26.3. The molecular weight excluding hydrogens is 536 g/mol. The fraction of sp³-hybridized carbons (Fsp3) is 0.529. The Bertz CT molecular complexity index is 1220. The van der Waals surface area contributed by atoms with Crippen molar-refractivity contribution in [1.29, 1.82) is 0 Å². The Kier molecular flexibility index (Phi) is 13.2. The molecule has 0 saturated heterocycles. The number of phenols is 1. The van der Waals surface area contributed by atoms with Crippen molar-refractivity contribution >= 4 is 0 Å². The number of hydrogen-bond donors (Lipinski definition) is 1. The summed E-state index contributed by atoms with van der Waals surface area (Å²) in [7, 11) is 10.1. The molecule has 0 bridgehead atoms. The van der Waals surface area contributed by atoms with E-state index < -0.39 is 0 Å². The zero-order chi connectivity index (χ0) is 30.5. The quantitative estimate of drug-likeness (QED) is 0.209. The first-order valence-electron chi connectivity index (χ1n) is 14.5. The van der Waals surface area contributed by atoms with Gasteiger partial charge in [0.2, 0.25) is 0 Å². The van der Waals surface area contributed by atoms with Crippen molar-refractivity contribution in [2.24, 2.45) is 5.41 Å².